The van der Waals surface area contributed by atoms with Crippen molar-refractivity contribution in [2.45, 2.75) is 26.4 Å². The fourth-order valence-corrected chi connectivity index (χ4v) is 1.49. The Bertz CT molecular complexity index is 520. The highest BCUT2D eigenvalue weighted by atomic mass is 16.5. The number of nitrogens with zero attached hydrogens (tertiary/aromatic N) is 2. The minimum Gasteiger partial charge on any atom is -0.398 e. The zero-order chi connectivity index (χ0) is 12.4. The van der Waals surface area contributed by atoms with Gasteiger partial charge in [-0.25, -0.2) is 0 Å². The van der Waals surface area contributed by atoms with Gasteiger partial charge >= 0.3 is 0 Å². The summed E-state index contributed by atoms with van der Waals surface area (Å²) in [6.45, 7) is 3.61. The van der Waals surface area contributed by atoms with Gasteiger partial charge in [-0.1, -0.05) is 17.3 Å². The molecule has 0 saturated carbocycles. The molecule has 0 aliphatic rings. The molecule has 1 aromatic heterocycles. The topological polar surface area (TPSA) is 85.2 Å². The van der Waals surface area contributed by atoms with Gasteiger partial charge in [-0.3, -0.25) is 0 Å². The Balaban J connectivity index is 2.27. The molecule has 3 N–H and O–H groups in total. The lowest BCUT2D eigenvalue weighted by molar-refractivity contribution is 0.181. The van der Waals surface area contributed by atoms with Crippen LogP contribution in [0.25, 0.3) is 11.4 Å². The third-order valence-corrected chi connectivity index (χ3v) is 2.48. The normalized spacial score (nSPS) is 12.6. The number of aryl methyl sites for hydroxylation is 1. The predicted molar refractivity (Wildman–Crippen MR) is 64.3 cm³/mol. The Hall–Kier alpha value is -1.88. The first-order valence-corrected chi connectivity index (χ1v) is 5.43. The van der Waals surface area contributed by atoms with Crippen LogP contribution in [0.1, 0.15) is 18.4 Å². The minimum absolute atomic E-state index is 0.355. The van der Waals surface area contributed by atoms with E-state index in [9.17, 15) is 5.11 Å². The van der Waals surface area contributed by atoms with E-state index in [1.165, 1.54) is 0 Å². The third kappa shape index (κ3) is 2.62. The molecule has 2 aromatic rings. The second kappa shape index (κ2) is 4.55. The molecule has 5 heteroatoms. The van der Waals surface area contributed by atoms with Gasteiger partial charge in [0.2, 0.25) is 11.7 Å². The van der Waals surface area contributed by atoms with Gasteiger partial charge in [-0.05, 0) is 25.5 Å². The number of rotatable bonds is 3. The average molecular weight is 233 g/mol. The van der Waals surface area contributed by atoms with Crippen molar-refractivity contribution in [1.29, 1.82) is 0 Å². The molecule has 1 aromatic carbocycles. The Morgan fingerprint density at radius 3 is 2.88 bits per heavy atom. The van der Waals surface area contributed by atoms with E-state index in [4.69, 9.17) is 10.3 Å². The summed E-state index contributed by atoms with van der Waals surface area (Å²) in [7, 11) is 0. The number of aromatic nitrogens is 2. The number of anilines is 1. The zero-order valence-corrected chi connectivity index (χ0v) is 9.84. The lowest BCUT2D eigenvalue weighted by Gasteiger charge is -2.00. The lowest BCUT2D eigenvalue weighted by atomic mass is 10.1. The van der Waals surface area contributed by atoms with Crippen LogP contribution in [0.15, 0.2) is 22.7 Å². The molecule has 0 aliphatic carbocycles. The monoisotopic (exact) mass is 233 g/mol. The van der Waals surface area contributed by atoms with Gasteiger partial charge in [0.05, 0.1) is 12.5 Å². The molecule has 0 saturated heterocycles. The Morgan fingerprint density at radius 1 is 1.47 bits per heavy atom. The molecule has 0 radical (unpaired) electrons. The van der Waals surface area contributed by atoms with Crippen molar-refractivity contribution in [2.24, 2.45) is 0 Å². The van der Waals surface area contributed by atoms with Crippen LogP contribution in [0.2, 0.25) is 0 Å². The van der Waals surface area contributed by atoms with Crippen molar-refractivity contribution in [2.75, 3.05) is 5.73 Å². The van der Waals surface area contributed by atoms with Crippen molar-refractivity contribution in [3.05, 3.63) is 29.7 Å². The van der Waals surface area contributed by atoms with E-state index in [1.807, 2.05) is 25.1 Å². The van der Waals surface area contributed by atoms with E-state index >= 15 is 0 Å². The molecule has 2 rings (SSSR count). The van der Waals surface area contributed by atoms with Crippen LogP contribution >= 0.6 is 0 Å². The van der Waals surface area contributed by atoms with Gasteiger partial charge in [0.15, 0.2) is 0 Å². The number of aliphatic hydroxyl groups is 1. The Labute approximate surface area is 99.3 Å². The lowest BCUT2D eigenvalue weighted by Crippen LogP contribution is -2.04. The number of hydrogen-bond donors (Lipinski definition) is 2. The van der Waals surface area contributed by atoms with E-state index in [2.05, 4.69) is 10.1 Å². The van der Waals surface area contributed by atoms with Gasteiger partial charge < -0.3 is 15.4 Å². The van der Waals surface area contributed by atoms with Crippen molar-refractivity contribution in [3.63, 3.8) is 0 Å². The number of nitrogen functional groups attached to an aromatic ring is 1. The van der Waals surface area contributed by atoms with Crippen LogP contribution in [-0.2, 0) is 6.42 Å². The van der Waals surface area contributed by atoms with Crippen molar-refractivity contribution < 1.29 is 9.63 Å². The quantitative estimate of drug-likeness (QED) is 0.785. The first-order valence-electron chi connectivity index (χ1n) is 5.43. The van der Waals surface area contributed by atoms with Gasteiger partial charge in [0.1, 0.15) is 0 Å². The van der Waals surface area contributed by atoms with E-state index in [1.54, 1.807) is 6.92 Å². The first kappa shape index (κ1) is 11.6. The molecule has 90 valence electrons. The summed E-state index contributed by atoms with van der Waals surface area (Å²) in [6.07, 6.45) is -0.139. The average Bonchev–Trinajstić information content (AvgIpc) is 2.69. The zero-order valence-electron chi connectivity index (χ0n) is 9.84. The smallest absolute Gasteiger partial charge is 0.229 e. The Kier molecular flexibility index (Phi) is 3.10. The fourth-order valence-electron chi connectivity index (χ4n) is 1.49. The molecule has 1 atom stereocenters. The highest BCUT2D eigenvalue weighted by Crippen LogP contribution is 2.21. The SMILES string of the molecule is Cc1ccc(-c2noc(C[C@H](C)O)n2)cc1N. The van der Waals surface area contributed by atoms with E-state index in [0.717, 1.165) is 11.1 Å². The van der Waals surface area contributed by atoms with Crippen LogP contribution in [0, 0.1) is 6.92 Å². The van der Waals surface area contributed by atoms with Crippen LogP contribution in [0.4, 0.5) is 5.69 Å². The summed E-state index contributed by atoms with van der Waals surface area (Å²) < 4.78 is 5.04. The molecule has 0 amide bonds. The highest BCUT2D eigenvalue weighted by molar-refractivity contribution is 5.63. The minimum atomic E-state index is -0.494. The van der Waals surface area contributed by atoms with E-state index in [-0.39, 0.29) is 0 Å². The summed E-state index contributed by atoms with van der Waals surface area (Å²) >= 11 is 0. The summed E-state index contributed by atoms with van der Waals surface area (Å²) in [4.78, 5) is 4.20. The second-order valence-corrected chi connectivity index (χ2v) is 4.14. The maximum absolute atomic E-state index is 9.22. The third-order valence-electron chi connectivity index (χ3n) is 2.48. The van der Waals surface area contributed by atoms with Crippen molar-refractivity contribution in [3.8, 4) is 11.4 Å². The molecule has 5 nitrogen and oxygen atoms in total. The molecule has 17 heavy (non-hydrogen) atoms. The van der Waals surface area contributed by atoms with Crippen LogP contribution in [0.3, 0.4) is 0 Å². The number of aliphatic hydroxyl groups excluding tert-OH is 1. The molecule has 0 bridgehead atoms. The summed E-state index contributed by atoms with van der Waals surface area (Å²) in [5.74, 6) is 0.918. The van der Waals surface area contributed by atoms with Gasteiger partial charge in [-0.15, -0.1) is 0 Å². The Morgan fingerprint density at radius 2 is 2.24 bits per heavy atom. The molecule has 0 spiro atoms. The molecule has 0 aliphatic heterocycles. The molecule has 1 heterocycles. The van der Waals surface area contributed by atoms with Crippen molar-refractivity contribution in [1.82, 2.24) is 10.1 Å². The fraction of sp³-hybridized carbons (Fsp3) is 0.333. The molecule has 0 fully saturated rings. The van der Waals surface area contributed by atoms with Gasteiger partial charge in [0.25, 0.3) is 0 Å². The van der Waals surface area contributed by atoms with Crippen LogP contribution in [-0.4, -0.2) is 21.4 Å². The summed E-state index contributed by atoms with van der Waals surface area (Å²) in [5, 5.41) is 13.1. The van der Waals surface area contributed by atoms with Gasteiger partial charge in [0, 0.05) is 11.3 Å². The number of benzene rings is 1. The molecule has 0 unspecified atom stereocenters. The number of nitrogens with two attached hydrogens (primary N) is 1. The van der Waals surface area contributed by atoms with Crippen LogP contribution < -0.4 is 5.73 Å². The maximum Gasteiger partial charge on any atom is 0.229 e. The first-order chi connectivity index (χ1) is 8.06. The summed E-state index contributed by atoms with van der Waals surface area (Å²) in [5.41, 5.74) is 8.35. The van der Waals surface area contributed by atoms with Crippen LogP contribution in [0.5, 0.6) is 0 Å². The molecular weight excluding hydrogens is 218 g/mol. The molecular formula is C12H15N3O2. The highest BCUT2D eigenvalue weighted by Gasteiger charge is 2.11. The standard InChI is InChI=1S/C12H15N3O2/c1-7-3-4-9(6-10(7)13)12-14-11(17-15-12)5-8(2)16/h3-4,6,8,16H,5,13H2,1-2H3/t8-/m0/s1. The largest absolute Gasteiger partial charge is 0.398 e. The van der Waals surface area contributed by atoms with Crippen molar-refractivity contribution >= 4 is 5.69 Å². The second-order valence-electron chi connectivity index (χ2n) is 4.14. The number of hydrogen-bond acceptors (Lipinski definition) is 5. The maximum atomic E-state index is 9.22. The van der Waals surface area contributed by atoms with E-state index in [0.29, 0.717) is 23.8 Å². The summed E-state index contributed by atoms with van der Waals surface area (Å²) in [6, 6.07) is 5.62. The van der Waals surface area contributed by atoms with Gasteiger partial charge in [-0.2, -0.15) is 4.98 Å². The van der Waals surface area contributed by atoms with E-state index < -0.39 is 6.10 Å². The predicted octanol–water partition coefficient (Wildman–Crippen LogP) is 1.55.